The second kappa shape index (κ2) is 6.07. The summed E-state index contributed by atoms with van der Waals surface area (Å²) in [4.78, 5) is 26.0. The van der Waals surface area contributed by atoms with Crippen molar-refractivity contribution in [3.63, 3.8) is 0 Å². The summed E-state index contributed by atoms with van der Waals surface area (Å²) in [7, 11) is 0. The smallest absolute Gasteiger partial charge is 0.259 e. The molecule has 0 radical (unpaired) electrons. The van der Waals surface area contributed by atoms with Crippen molar-refractivity contribution in [1.82, 2.24) is 10.2 Å². The Balaban J connectivity index is 2.13. The Morgan fingerprint density at radius 3 is 2.41 bits per heavy atom. The van der Waals surface area contributed by atoms with Gasteiger partial charge in [-0.2, -0.15) is 0 Å². The highest BCUT2D eigenvalue weighted by Gasteiger charge is 2.33. The van der Waals surface area contributed by atoms with E-state index in [9.17, 15) is 9.59 Å². The lowest BCUT2D eigenvalue weighted by molar-refractivity contribution is -0.122. The zero-order valence-corrected chi connectivity index (χ0v) is 13.0. The maximum atomic E-state index is 12.4. The number of carbonyl (C=O) groups is 2. The molecule has 1 N–H and O–H groups in total. The molecule has 0 atom stereocenters. The summed E-state index contributed by atoms with van der Waals surface area (Å²) in [6.45, 7) is 7.71. The van der Waals surface area contributed by atoms with Crippen molar-refractivity contribution in [3.8, 4) is 12.3 Å². The van der Waals surface area contributed by atoms with Gasteiger partial charge in [0.15, 0.2) is 0 Å². The Morgan fingerprint density at radius 1 is 1.32 bits per heavy atom. The molecule has 0 aliphatic carbocycles. The van der Waals surface area contributed by atoms with Crippen molar-refractivity contribution in [2.24, 2.45) is 0 Å². The number of nitrogens with zero attached hydrogens (tertiary/aromatic N) is 1. The number of fused-ring (bicyclic) bond motifs is 1. The van der Waals surface area contributed by atoms with Gasteiger partial charge < -0.3 is 5.32 Å². The Morgan fingerprint density at radius 2 is 1.91 bits per heavy atom. The molecule has 4 heteroatoms. The fraction of sp³-hybridized carbons (Fsp3) is 0.333. The second-order valence-corrected chi connectivity index (χ2v) is 5.37. The topological polar surface area (TPSA) is 49.4 Å². The Labute approximate surface area is 131 Å². The van der Waals surface area contributed by atoms with E-state index in [1.54, 1.807) is 12.1 Å². The third-order valence-corrected chi connectivity index (χ3v) is 4.20. The molecule has 22 heavy (non-hydrogen) atoms. The zero-order chi connectivity index (χ0) is 16.3. The number of hydrogen-bond donors (Lipinski definition) is 1. The minimum absolute atomic E-state index is 0.0736. The van der Waals surface area contributed by atoms with Crippen molar-refractivity contribution in [2.75, 3.05) is 6.54 Å². The van der Waals surface area contributed by atoms with Gasteiger partial charge in [0.2, 0.25) is 5.91 Å². The van der Waals surface area contributed by atoms with E-state index in [1.807, 2.05) is 26.0 Å². The van der Waals surface area contributed by atoms with E-state index in [2.05, 4.69) is 17.8 Å². The first-order valence-electron chi connectivity index (χ1n) is 7.37. The Bertz CT molecular complexity index is 631. The first-order valence-corrected chi connectivity index (χ1v) is 7.37. The van der Waals surface area contributed by atoms with Crippen LogP contribution in [0.3, 0.4) is 0 Å². The van der Waals surface area contributed by atoms with E-state index in [4.69, 9.17) is 6.42 Å². The molecule has 4 nitrogen and oxygen atoms in total. The lowest BCUT2D eigenvalue weighted by Crippen LogP contribution is -2.49. The summed E-state index contributed by atoms with van der Waals surface area (Å²) in [5, 5.41) is 2.86. The normalized spacial score (nSPS) is 13.8. The molecular formula is C18H20N2O2. The van der Waals surface area contributed by atoms with E-state index in [1.165, 1.54) is 4.90 Å². The number of rotatable bonds is 5. The molecule has 1 aromatic carbocycles. The number of carbonyl (C=O) groups excluding carboxylic acids is 2. The third kappa shape index (κ3) is 2.62. The third-order valence-electron chi connectivity index (χ3n) is 4.20. The summed E-state index contributed by atoms with van der Waals surface area (Å²) >= 11 is 0. The van der Waals surface area contributed by atoms with Crippen LogP contribution in [0.25, 0.3) is 5.70 Å². The highest BCUT2D eigenvalue weighted by Crippen LogP contribution is 2.30. The number of amides is 2. The van der Waals surface area contributed by atoms with Crippen LogP contribution in [0.5, 0.6) is 0 Å². The van der Waals surface area contributed by atoms with Crippen LogP contribution in [-0.4, -0.2) is 28.8 Å². The molecular weight excluding hydrogens is 276 g/mol. The van der Waals surface area contributed by atoms with Gasteiger partial charge in [-0.05, 0) is 18.9 Å². The standard InChI is InChI=1S/C18H20N2O2/c1-5-18(6-2,7-3)19-16(21)12-20-13(4)14-10-8-9-11-15(14)17(20)22/h1,8-11H,4,6-7,12H2,2-3H3,(H,19,21). The molecule has 1 aromatic rings. The van der Waals surface area contributed by atoms with Gasteiger partial charge in [-0.25, -0.2) is 0 Å². The van der Waals surface area contributed by atoms with Crippen LogP contribution in [0.2, 0.25) is 0 Å². The van der Waals surface area contributed by atoms with Crippen LogP contribution in [0, 0.1) is 12.3 Å². The van der Waals surface area contributed by atoms with Crippen LogP contribution in [0.1, 0.15) is 42.6 Å². The summed E-state index contributed by atoms with van der Waals surface area (Å²) in [6.07, 6.45) is 6.83. The minimum Gasteiger partial charge on any atom is -0.338 e. The van der Waals surface area contributed by atoms with Crippen molar-refractivity contribution in [1.29, 1.82) is 0 Å². The van der Waals surface area contributed by atoms with Gasteiger partial charge in [0.05, 0.1) is 0 Å². The van der Waals surface area contributed by atoms with Gasteiger partial charge in [-0.3, -0.25) is 14.5 Å². The van der Waals surface area contributed by atoms with Crippen LogP contribution < -0.4 is 5.32 Å². The molecule has 114 valence electrons. The monoisotopic (exact) mass is 296 g/mol. The molecule has 0 saturated heterocycles. The van der Waals surface area contributed by atoms with Crippen molar-refractivity contribution in [3.05, 3.63) is 42.0 Å². The summed E-state index contributed by atoms with van der Waals surface area (Å²) in [5.41, 5.74) is 1.24. The highest BCUT2D eigenvalue weighted by atomic mass is 16.2. The maximum absolute atomic E-state index is 12.4. The van der Waals surface area contributed by atoms with Crippen LogP contribution in [0.15, 0.2) is 30.8 Å². The fourth-order valence-corrected chi connectivity index (χ4v) is 2.62. The van der Waals surface area contributed by atoms with Gasteiger partial charge in [0.25, 0.3) is 5.91 Å². The van der Waals surface area contributed by atoms with E-state index in [-0.39, 0.29) is 18.4 Å². The molecule has 0 bridgehead atoms. The molecule has 1 aliphatic rings. The lowest BCUT2D eigenvalue weighted by atomic mass is 9.94. The lowest BCUT2D eigenvalue weighted by Gasteiger charge is -2.28. The Hall–Kier alpha value is -2.54. The largest absolute Gasteiger partial charge is 0.338 e. The minimum atomic E-state index is -0.659. The van der Waals surface area contributed by atoms with Crippen molar-refractivity contribution >= 4 is 17.5 Å². The van der Waals surface area contributed by atoms with E-state index in [0.717, 1.165) is 5.56 Å². The number of benzene rings is 1. The first-order chi connectivity index (χ1) is 10.5. The van der Waals surface area contributed by atoms with Crippen molar-refractivity contribution in [2.45, 2.75) is 32.2 Å². The molecule has 0 spiro atoms. The zero-order valence-electron chi connectivity index (χ0n) is 13.0. The predicted molar refractivity (Wildman–Crippen MR) is 86.8 cm³/mol. The van der Waals surface area contributed by atoms with Gasteiger partial charge in [0, 0.05) is 16.8 Å². The van der Waals surface area contributed by atoms with E-state index < -0.39 is 5.54 Å². The Kier molecular flexibility index (Phi) is 4.37. The van der Waals surface area contributed by atoms with Crippen molar-refractivity contribution < 1.29 is 9.59 Å². The van der Waals surface area contributed by atoms with Gasteiger partial charge in [-0.1, -0.05) is 44.5 Å². The summed E-state index contributed by atoms with van der Waals surface area (Å²) in [6, 6.07) is 7.21. The molecule has 0 aromatic heterocycles. The molecule has 2 rings (SSSR count). The first kappa shape index (κ1) is 15.8. The summed E-state index contributed by atoms with van der Waals surface area (Å²) in [5.74, 6) is 2.18. The number of terminal acetylenes is 1. The average molecular weight is 296 g/mol. The van der Waals surface area contributed by atoms with Gasteiger partial charge >= 0.3 is 0 Å². The predicted octanol–water partition coefficient (Wildman–Crippen LogP) is 2.42. The number of hydrogen-bond acceptors (Lipinski definition) is 2. The molecule has 1 aliphatic heterocycles. The van der Waals surface area contributed by atoms with Crippen LogP contribution >= 0.6 is 0 Å². The molecule has 0 unspecified atom stereocenters. The highest BCUT2D eigenvalue weighted by molar-refractivity contribution is 6.10. The summed E-state index contributed by atoms with van der Waals surface area (Å²) < 4.78 is 0. The van der Waals surface area contributed by atoms with Crippen LogP contribution in [-0.2, 0) is 4.79 Å². The van der Waals surface area contributed by atoms with E-state index in [0.29, 0.717) is 24.1 Å². The molecule has 0 saturated carbocycles. The quantitative estimate of drug-likeness (QED) is 0.848. The fourth-order valence-electron chi connectivity index (χ4n) is 2.62. The van der Waals surface area contributed by atoms with Gasteiger partial charge in [0.1, 0.15) is 12.1 Å². The van der Waals surface area contributed by atoms with E-state index >= 15 is 0 Å². The number of nitrogens with one attached hydrogen (secondary N) is 1. The van der Waals surface area contributed by atoms with Gasteiger partial charge in [-0.15, -0.1) is 6.42 Å². The molecule has 0 fully saturated rings. The average Bonchev–Trinajstić information content (AvgIpc) is 2.78. The molecule has 1 heterocycles. The van der Waals surface area contributed by atoms with Crippen LogP contribution in [0.4, 0.5) is 0 Å². The maximum Gasteiger partial charge on any atom is 0.259 e. The SMILES string of the molecule is C#CC(CC)(CC)NC(=O)CN1C(=C)c2ccccc2C1=O. The molecule has 2 amide bonds. The second-order valence-electron chi connectivity index (χ2n) is 5.37.